The summed E-state index contributed by atoms with van der Waals surface area (Å²) < 4.78 is 0. The summed E-state index contributed by atoms with van der Waals surface area (Å²) >= 11 is 5.90. The van der Waals surface area contributed by atoms with Gasteiger partial charge in [0.25, 0.3) is 11.5 Å². The average Bonchev–Trinajstić information content (AvgIpc) is 2.86. The topological polar surface area (TPSA) is 128 Å². The van der Waals surface area contributed by atoms with Crippen LogP contribution in [0.4, 0.5) is 17.3 Å². The highest BCUT2D eigenvalue weighted by Crippen LogP contribution is 2.24. The molecular formula is C26H18ClN5O3. The number of H-pyrrole nitrogens is 1. The van der Waals surface area contributed by atoms with Crippen LogP contribution in [-0.2, 0) is 16.0 Å². The highest BCUT2D eigenvalue weighted by molar-refractivity contribution is 6.41. The van der Waals surface area contributed by atoms with Gasteiger partial charge in [-0.05, 0) is 42.0 Å². The van der Waals surface area contributed by atoms with Crippen LogP contribution in [0.15, 0.2) is 83.7 Å². The Morgan fingerprint density at radius 3 is 2.26 bits per heavy atom. The van der Waals surface area contributed by atoms with Crippen molar-refractivity contribution in [1.29, 1.82) is 5.26 Å². The average molecular weight is 484 g/mol. The Bertz CT molecular complexity index is 1480. The predicted octanol–water partition coefficient (Wildman–Crippen LogP) is 4.46. The van der Waals surface area contributed by atoms with Gasteiger partial charge in [-0.15, -0.1) is 0 Å². The van der Waals surface area contributed by atoms with Crippen molar-refractivity contribution in [2.45, 2.75) is 6.42 Å². The normalized spacial score (nSPS) is 10.3. The van der Waals surface area contributed by atoms with Crippen LogP contribution in [-0.4, -0.2) is 21.7 Å². The smallest absolute Gasteiger partial charge is 0.292 e. The molecule has 0 atom stereocenters. The van der Waals surface area contributed by atoms with Crippen LogP contribution in [0.25, 0.3) is 11.3 Å². The first-order chi connectivity index (χ1) is 16.9. The van der Waals surface area contributed by atoms with Crippen molar-refractivity contribution in [2.75, 3.05) is 10.6 Å². The third-order valence-electron chi connectivity index (χ3n) is 5.02. The Morgan fingerprint density at radius 1 is 0.943 bits per heavy atom. The van der Waals surface area contributed by atoms with E-state index in [1.807, 2.05) is 12.1 Å². The zero-order chi connectivity index (χ0) is 24.8. The zero-order valence-corrected chi connectivity index (χ0v) is 19.0. The Kier molecular flexibility index (Phi) is 7.00. The molecule has 8 nitrogen and oxygen atoms in total. The van der Waals surface area contributed by atoms with Crippen LogP contribution in [0.3, 0.4) is 0 Å². The lowest BCUT2D eigenvalue weighted by Crippen LogP contribution is -2.24. The number of nitrogens with zero attached hydrogens (tertiary/aromatic N) is 2. The van der Waals surface area contributed by atoms with Gasteiger partial charge in [0.15, 0.2) is 0 Å². The van der Waals surface area contributed by atoms with Crippen molar-refractivity contribution in [1.82, 2.24) is 9.97 Å². The number of anilines is 3. The minimum Gasteiger partial charge on any atom is -0.326 e. The van der Waals surface area contributed by atoms with Crippen LogP contribution >= 0.6 is 11.6 Å². The number of amides is 1. The number of halogens is 1. The number of rotatable bonds is 7. The number of aromatic amines is 1. The molecule has 3 N–H and O–H groups in total. The highest BCUT2D eigenvalue weighted by Gasteiger charge is 2.16. The second kappa shape index (κ2) is 10.5. The van der Waals surface area contributed by atoms with E-state index in [-0.39, 0.29) is 23.6 Å². The Hall–Kier alpha value is -4.74. The summed E-state index contributed by atoms with van der Waals surface area (Å²) in [6.45, 7) is 0. The monoisotopic (exact) mass is 483 g/mol. The number of nitriles is 1. The number of benzene rings is 3. The molecule has 0 aliphatic rings. The molecule has 3 aromatic carbocycles. The molecule has 35 heavy (non-hydrogen) atoms. The maximum absolute atomic E-state index is 12.5. The number of nitrogens with one attached hydrogen (secondary N) is 3. The second-order valence-electron chi connectivity index (χ2n) is 7.50. The van der Waals surface area contributed by atoms with Crippen molar-refractivity contribution in [2.24, 2.45) is 0 Å². The first-order valence-corrected chi connectivity index (χ1v) is 10.9. The van der Waals surface area contributed by atoms with Gasteiger partial charge in [0, 0.05) is 28.4 Å². The van der Waals surface area contributed by atoms with Crippen molar-refractivity contribution >= 4 is 40.6 Å². The van der Waals surface area contributed by atoms with Gasteiger partial charge in [0.1, 0.15) is 11.6 Å². The molecule has 9 heteroatoms. The third-order valence-corrected chi connectivity index (χ3v) is 5.27. The fourth-order valence-corrected chi connectivity index (χ4v) is 3.41. The van der Waals surface area contributed by atoms with E-state index in [4.69, 9.17) is 11.6 Å². The maximum atomic E-state index is 12.5. The van der Waals surface area contributed by atoms with E-state index in [1.165, 1.54) is 0 Å². The fraction of sp³-hybridized carbons (Fsp3) is 0.0385. The van der Waals surface area contributed by atoms with E-state index in [0.717, 1.165) is 5.56 Å². The second-order valence-corrected chi connectivity index (χ2v) is 7.94. The Labute approximate surface area is 205 Å². The van der Waals surface area contributed by atoms with Gasteiger partial charge >= 0.3 is 0 Å². The molecular weight excluding hydrogens is 466 g/mol. The molecule has 4 rings (SSSR count). The van der Waals surface area contributed by atoms with Crippen molar-refractivity contribution in [3.05, 3.63) is 105 Å². The molecule has 0 aliphatic carbocycles. The molecule has 0 bridgehead atoms. The summed E-state index contributed by atoms with van der Waals surface area (Å²) in [5.41, 5.74) is 1.69. The Morgan fingerprint density at radius 2 is 1.60 bits per heavy atom. The van der Waals surface area contributed by atoms with E-state index in [2.05, 4.69) is 20.6 Å². The van der Waals surface area contributed by atoms with Gasteiger partial charge < -0.3 is 10.6 Å². The molecule has 4 aromatic rings. The zero-order valence-electron chi connectivity index (χ0n) is 18.2. The molecule has 172 valence electrons. The molecule has 0 radical (unpaired) electrons. The van der Waals surface area contributed by atoms with Crippen LogP contribution in [0, 0.1) is 11.3 Å². The molecule has 0 saturated carbocycles. The van der Waals surface area contributed by atoms with Gasteiger partial charge in [0.2, 0.25) is 11.7 Å². The summed E-state index contributed by atoms with van der Waals surface area (Å²) in [4.78, 5) is 43.9. The van der Waals surface area contributed by atoms with Crippen molar-refractivity contribution < 1.29 is 9.59 Å². The number of aromatic nitrogens is 2. The van der Waals surface area contributed by atoms with Crippen molar-refractivity contribution in [3.8, 4) is 17.3 Å². The van der Waals surface area contributed by atoms with Crippen molar-refractivity contribution in [3.63, 3.8) is 0 Å². The SMILES string of the molecule is N#Cc1c(-c2ccc(NC(=O)C(=O)Cc3ccccc3)cc2)nc(Nc2ccc(Cl)cc2)[nH]c1=O. The molecule has 0 aliphatic heterocycles. The molecule has 0 unspecified atom stereocenters. The first-order valence-electron chi connectivity index (χ1n) is 10.5. The maximum Gasteiger partial charge on any atom is 0.292 e. The van der Waals surface area contributed by atoms with Crippen LogP contribution in [0.5, 0.6) is 0 Å². The molecule has 0 saturated heterocycles. The summed E-state index contributed by atoms with van der Waals surface area (Å²) in [6, 6.07) is 24.0. The minimum atomic E-state index is -0.733. The van der Waals surface area contributed by atoms with E-state index in [0.29, 0.717) is 22.0 Å². The van der Waals surface area contributed by atoms with E-state index in [9.17, 15) is 19.6 Å². The number of carbonyl (C=O) groups is 2. The molecule has 1 amide bonds. The third kappa shape index (κ3) is 5.79. The largest absolute Gasteiger partial charge is 0.326 e. The number of carbonyl (C=O) groups excluding carboxylic acids is 2. The number of hydrogen-bond donors (Lipinski definition) is 3. The van der Waals surface area contributed by atoms with Crippen LogP contribution < -0.4 is 16.2 Å². The summed E-state index contributed by atoms with van der Waals surface area (Å²) in [5.74, 6) is -1.15. The van der Waals surface area contributed by atoms with E-state index >= 15 is 0 Å². The Balaban J connectivity index is 1.52. The quantitative estimate of drug-likeness (QED) is 0.333. The number of ketones is 1. The number of hydrogen-bond acceptors (Lipinski definition) is 6. The fourth-order valence-electron chi connectivity index (χ4n) is 3.29. The lowest BCUT2D eigenvalue weighted by Gasteiger charge is -2.10. The predicted molar refractivity (Wildman–Crippen MR) is 134 cm³/mol. The summed E-state index contributed by atoms with van der Waals surface area (Å²) in [6.07, 6.45) is -0.00358. The summed E-state index contributed by atoms with van der Waals surface area (Å²) in [5, 5.41) is 15.6. The van der Waals surface area contributed by atoms with Crippen LogP contribution in [0.2, 0.25) is 5.02 Å². The lowest BCUT2D eigenvalue weighted by molar-refractivity contribution is -0.134. The standard InChI is InChI=1S/C26H18ClN5O3/c27-18-8-12-20(13-9-18)30-26-31-23(21(15-28)24(34)32-26)17-6-10-19(11-7-17)29-25(35)22(33)14-16-4-2-1-3-5-16/h1-13H,14H2,(H,29,35)(H2,30,31,32,34). The van der Waals surface area contributed by atoms with Gasteiger partial charge in [-0.25, -0.2) is 4.98 Å². The van der Waals surface area contributed by atoms with E-state index in [1.54, 1.807) is 72.8 Å². The molecule has 1 heterocycles. The highest BCUT2D eigenvalue weighted by atomic mass is 35.5. The summed E-state index contributed by atoms with van der Waals surface area (Å²) in [7, 11) is 0. The van der Waals surface area contributed by atoms with Gasteiger partial charge in [0.05, 0.1) is 5.69 Å². The first kappa shape index (κ1) is 23.4. The minimum absolute atomic E-state index is 0.00358. The lowest BCUT2D eigenvalue weighted by atomic mass is 10.1. The molecule has 0 fully saturated rings. The van der Waals surface area contributed by atoms with Gasteiger partial charge in [-0.1, -0.05) is 54.1 Å². The molecule has 1 aromatic heterocycles. The molecule has 0 spiro atoms. The van der Waals surface area contributed by atoms with Gasteiger partial charge in [-0.3, -0.25) is 19.4 Å². The van der Waals surface area contributed by atoms with E-state index < -0.39 is 17.2 Å². The van der Waals surface area contributed by atoms with Gasteiger partial charge in [-0.2, -0.15) is 5.26 Å². The number of Topliss-reactive ketones (excluding diaryl/α,β-unsaturated/α-hetero) is 1. The van der Waals surface area contributed by atoms with Crippen LogP contribution in [0.1, 0.15) is 11.1 Å².